The number of halogens is 1. The highest BCUT2D eigenvalue weighted by Gasteiger charge is 2.15. The number of hydrogen-bond donors (Lipinski definition) is 1. The van der Waals surface area contributed by atoms with E-state index in [1.807, 2.05) is 25.1 Å². The maximum atomic E-state index is 12.7. The van der Waals surface area contributed by atoms with Crippen molar-refractivity contribution in [3.8, 4) is 0 Å². The van der Waals surface area contributed by atoms with Crippen molar-refractivity contribution in [2.24, 2.45) is 4.40 Å². The van der Waals surface area contributed by atoms with Gasteiger partial charge in [0.25, 0.3) is 10.0 Å². The topological polar surface area (TPSA) is 58.5 Å². The van der Waals surface area contributed by atoms with Crippen molar-refractivity contribution in [1.82, 2.24) is 0 Å². The van der Waals surface area contributed by atoms with Crippen LogP contribution in [0.15, 0.2) is 88.2 Å². The number of nitrogens with zero attached hydrogens (tertiary/aromatic N) is 1. The molecular weight excluding hydrogens is 368 g/mol. The van der Waals surface area contributed by atoms with Crippen LogP contribution < -0.4 is 5.32 Å². The zero-order chi connectivity index (χ0) is 18.6. The van der Waals surface area contributed by atoms with Crippen LogP contribution in [0.25, 0.3) is 0 Å². The van der Waals surface area contributed by atoms with Gasteiger partial charge in [0.15, 0.2) is 5.84 Å². The minimum atomic E-state index is -3.85. The third-order valence-corrected chi connectivity index (χ3v) is 5.23. The zero-order valence-corrected chi connectivity index (χ0v) is 15.6. The Kier molecular flexibility index (Phi) is 5.40. The molecule has 1 N–H and O–H groups in total. The molecule has 0 heterocycles. The van der Waals surface area contributed by atoms with Gasteiger partial charge in [0.1, 0.15) is 0 Å². The van der Waals surface area contributed by atoms with Gasteiger partial charge in [0, 0.05) is 16.3 Å². The molecule has 3 aromatic rings. The number of benzene rings is 3. The number of amidine groups is 1. The third-order valence-electron chi connectivity index (χ3n) is 3.68. The Morgan fingerprint density at radius 3 is 2.12 bits per heavy atom. The second-order valence-corrected chi connectivity index (χ2v) is 7.77. The Bertz CT molecular complexity index is 1010. The van der Waals surface area contributed by atoms with Crippen LogP contribution in [0.5, 0.6) is 0 Å². The molecule has 0 radical (unpaired) electrons. The fourth-order valence-electron chi connectivity index (χ4n) is 2.30. The first-order valence-electron chi connectivity index (χ1n) is 7.94. The van der Waals surface area contributed by atoms with Crippen LogP contribution in [-0.2, 0) is 10.0 Å². The summed E-state index contributed by atoms with van der Waals surface area (Å²) < 4.78 is 29.5. The highest BCUT2D eigenvalue weighted by molar-refractivity contribution is 7.90. The van der Waals surface area contributed by atoms with Crippen LogP contribution in [0.2, 0.25) is 5.02 Å². The van der Waals surface area contributed by atoms with Gasteiger partial charge < -0.3 is 5.32 Å². The Labute approximate surface area is 158 Å². The first-order chi connectivity index (χ1) is 12.4. The van der Waals surface area contributed by atoms with E-state index in [4.69, 9.17) is 11.6 Å². The molecule has 0 saturated heterocycles. The summed E-state index contributed by atoms with van der Waals surface area (Å²) >= 11 is 5.91. The van der Waals surface area contributed by atoms with E-state index in [0.29, 0.717) is 16.3 Å². The number of hydrogen-bond acceptors (Lipinski definition) is 2. The summed E-state index contributed by atoms with van der Waals surface area (Å²) in [6, 6.07) is 22.7. The average molecular weight is 385 g/mol. The molecule has 132 valence electrons. The molecule has 6 heteroatoms. The lowest BCUT2D eigenvalue weighted by Gasteiger charge is -2.11. The Balaban J connectivity index is 2.03. The van der Waals surface area contributed by atoms with Gasteiger partial charge >= 0.3 is 0 Å². The van der Waals surface area contributed by atoms with Gasteiger partial charge in [-0.2, -0.15) is 8.42 Å². The van der Waals surface area contributed by atoms with Crippen LogP contribution in [-0.4, -0.2) is 14.3 Å². The van der Waals surface area contributed by atoms with Crippen molar-refractivity contribution in [1.29, 1.82) is 0 Å². The second kappa shape index (κ2) is 7.72. The van der Waals surface area contributed by atoms with Crippen molar-refractivity contribution in [3.63, 3.8) is 0 Å². The van der Waals surface area contributed by atoms with Gasteiger partial charge in [-0.3, -0.25) is 0 Å². The summed E-state index contributed by atoms with van der Waals surface area (Å²) in [6.07, 6.45) is 0. The molecule has 0 fully saturated rings. The van der Waals surface area contributed by atoms with Crippen LogP contribution in [0.4, 0.5) is 5.69 Å². The fourth-order valence-corrected chi connectivity index (χ4v) is 3.40. The van der Waals surface area contributed by atoms with E-state index in [-0.39, 0.29) is 10.7 Å². The summed E-state index contributed by atoms with van der Waals surface area (Å²) in [5.74, 6) is 0.244. The standard InChI is InChI=1S/C20H17ClN2O2S/c1-15-7-13-19(14-8-15)26(24,25)23-20(16-5-3-2-4-6-16)22-18-11-9-17(21)10-12-18/h2-14H,1H3,(H,22,23). The van der Waals surface area contributed by atoms with E-state index in [2.05, 4.69) is 9.71 Å². The normalized spacial score (nSPS) is 12.0. The predicted molar refractivity (Wildman–Crippen MR) is 106 cm³/mol. The van der Waals surface area contributed by atoms with Crippen molar-refractivity contribution < 1.29 is 8.42 Å². The monoisotopic (exact) mass is 384 g/mol. The molecule has 0 bridgehead atoms. The maximum Gasteiger partial charge on any atom is 0.284 e. The zero-order valence-electron chi connectivity index (χ0n) is 14.1. The lowest BCUT2D eigenvalue weighted by molar-refractivity contribution is 0.598. The quantitative estimate of drug-likeness (QED) is 0.514. The smallest absolute Gasteiger partial charge is 0.284 e. The molecule has 3 aromatic carbocycles. The Hall–Kier alpha value is -2.63. The van der Waals surface area contributed by atoms with Gasteiger partial charge in [-0.05, 0) is 43.3 Å². The predicted octanol–water partition coefficient (Wildman–Crippen LogP) is 4.90. The Morgan fingerprint density at radius 2 is 1.50 bits per heavy atom. The fraction of sp³-hybridized carbons (Fsp3) is 0.0500. The van der Waals surface area contributed by atoms with Crippen molar-refractivity contribution in [3.05, 3.63) is 95.0 Å². The Morgan fingerprint density at radius 1 is 0.885 bits per heavy atom. The molecule has 0 aliphatic carbocycles. The third kappa shape index (κ3) is 4.50. The van der Waals surface area contributed by atoms with Crippen molar-refractivity contribution in [2.75, 3.05) is 5.32 Å². The minimum Gasteiger partial charge on any atom is -0.339 e. The molecule has 4 nitrogen and oxygen atoms in total. The maximum absolute atomic E-state index is 12.7. The van der Waals surface area contributed by atoms with Crippen LogP contribution in [0.1, 0.15) is 11.1 Å². The molecule has 0 aromatic heterocycles. The van der Waals surface area contributed by atoms with E-state index in [0.717, 1.165) is 5.56 Å². The van der Waals surface area contributed by atoms with E-state index in [9.17, 15) is 8.42 Å². The molecule has 0 aliphatic rings. The van der Waals surface area contributed by atoms with Gasteiger partial charge in [-0.1, -0.05) is 59.6 Å². The molecule has 0 amide bonds. The summed E-state index contributed by atoms with van der Waals surface area (Å²) in [7, 11) is -3.85. The lowest BCUT2D eigenvalue weighted by Crippen LogP contribution is -2.16. The minimum absolute atomic E-state index is 0.148. The van der Waals surface area contributed by atoms with Gasteiger partial charge in [0.05, 0.1) is 4.90 Å². The largest absolute Gasteiger partial charge is 0.339 e. The molecule has 0 unspecified atom stereocenters. The number of anilines is 1. The second-order valence-electron chi connectivity index (χ2n) is 5.73. The number of aryl methyl sites for hydroxylation is 1. The van der Waals surface area contributed by atoms with Crippen molar-refractivity contribution >= 4 is 33.1 Å². The van der Waals surface area contributed by atoms with Crippen LogP contribution in [0, 0.1) is 6.92 Å². The van der Waals surface area contributed by atoms with E-state index >= 15 is 0 Å². The number of sulfonamides is 1. The summed E-state index contributed by atoms with van der Waals surface area (Å²) in [5.41, 5.74) is 2.34. The number of rotatable bonds is 4. The van der Waals surface area contributed by atoms with E-state index < -0.39 is 10.0 Å². The van der Waals surface area contributed by atoms with E-state index in [1.165, 1.54) is 0 Å². The number of nitrogens with one attached hydrogen (secondary N) is 1. The van der Waals surface area contributed by atoms with E-state index in [1.54, 1.807) is 60.7 Å². The summed E-state index contributed by atoms with van der Waals surface area (Å²) in [6.45, 7) is 1.90. The molecule has 0 spiro atoms. The summed E-state index contributed by atoms with van der Waals surface area (Å²) in [4.78, 5) is 0.148. The van der Waals surface area contributed by atoms with Crippen molar-refractivity contribution in [2.45, 2.75) is 11.8 Å². The molecular formula is C20H17ClN2O2S. The molecule has 3 rings (SSSR count). The SMILES string of the molecule is Cc1ccc(S(=O)(=O)/N=C(/Nc2ccc(Cl)cc2)c2ccccc2)cc1. The lowest BCUT2D eigenvalue weighted by atomic mass is 10.2. The molecule has 26 heavy (non-hydrogen) atoms. The first kappa shape index (κ1) is 18.2. The highest BCUT2D eigenvalue weighted by Crippen LogP contribution is 2.18. The first-order valence-corrected chi connectivity index (χ1v) is 9.75. The van der Waals surface area contributed by atoms with Crippen LogP contribution in [0.3, 0.4) is 0 Å². The molecule has 0 aliphatic heterocycles. The summed E-state index contributed by atoms with van der Waals surface area (Å²) in [5, 5.41) is 3.67. The van der Waals surface area contributed by atoms with Gasteiger partial charge in [0.2, 0.25) is 0 Å². The van der Waals surface area contributed by atoms with Gasteiger partial charge in [-0.15, -0.1) is 4.40 Å². The average Bonchev–Trinajstić information content (AvgIpc) is 2.64. The molecule has 0 atom stereocenters. The van der Waals surface area contributed by atoms with Gasteiger partial charge in [-0.25, -0.2) is 0 Å². The molecule has 0 saturated carbocycles. The van der Waals surface area contributed by atoms with Crippen LogP contribution >= 0.6 is 11.6 Å². The highest BCUT2D eigenvalue weighted by atomic mass is 35.5.